The van der Waals surface area contributed by atoms with Crippen LogP contribution in [-0.4, -0.2) is 7.11 Å². The Hall–Kier alpha value is -3.08. The molecular weight excluding hydrogens is 476 g/mol. The van der Waals surface area contributed by atoms with Gasteiger partial charge in [0, 0.05) is 11.1 Å². The standard InChI is InChI=1S/C32H34F4O/c1-3-4-5-6-21-7-12-23(13-8-21)26-18-19-27(31(35)30(26)34)24-14-9-22(10-15-24)11-16-25-17-20-28(37-2)32(36)29(25)33/h7-8,11-13,16-20,22,24H,3-6,9-10,14-15H2,1-2H3. The lowest BCUT2D eigenvalue weighted by molar-refractivity contribution is 0.364. The van der Waals surface area contributed by atoms with Gasteiger partial charge in [-0.1, -0.05) is 68.3 Å². The van der Waals surface area contributed by atoms with Crippen LogP contribution in [0.5, 0.6) is 5.75 Å². The minimum absolute atomic E-state index is 0.0655. The summed E-state index contributed by atoms with van der Waals surface area (Å²) >= 11 is 0. The number of benzene rings is 3. The van der Waals surface area contributed by atoms with Crippen LogP contribution in [0, 0.1) is 29.2 Å². The molecule has 0 bridgehead atoms. The van der Waals surface area contributed by atoms with Crippen molar-refractivity contribution in [3.05, 3.63) is 94.6 Å². The molecule has 0 N–H and O–H groups in total. The van der Waals surface area contributed by atoms with Crippen molar-refractivity contribution in [1.82, 2.24) is 0 Å². The third kappa shape index (κ3) is 6.26. The van der Waals surface area contributed by atoms with Crippen LogP contribution in [0.25, 0.3) is 17.2 Å². The third-order valence-corrected chi connectivity index (χ3v) is 7.50. The molecule has 0 saturated heterocycles. The maximum atomic E-state index is 15.2. The average molecular weight is 511 g/mol. The molecule has 0 atom stereocenters. The highest BCUT2D eigenvalue weighted by atomic mass is 19.2. The first-order chi connectivity index (χ1) is 17.9. The topological polar surface area (TPSA) is 9.23 Å². The molecule has 4 rings (SSSR count). The van der Waals surface area contributed by atoms with Crippen molar-refractivity contribution in [3.8, 4) is 16.9 Å². The summed E-state index contributed by atoms with van der Waals surface area (Å²) in [6, 6.07) is 14.0. The number of rotatable bonds is 9. The Morgan fingerprint density at radius 2 is 1.51 bits per heavy atom. The smallest absolute Gasteiger partial charge is 0.201 e. The zero-order valence-corrected chi connectivity index (χ0v) is 21.5. The summed E-state index contributed by atoms with van der Waals surface area (Å²) in [5, 5.41) is 0. The predicted octanol–water partition coefficient (Wildman–Crippen LogP) is 9.64. The Morgan fingerprint density at radius 1 is 0.784 bits per heavy atom. The summed E-state index contributed by atoms with van der Waals surface area (Å²) in [6.07, 6.45) is 10.9. The van der Waals surface area contributed by atoms with E-state index in [-0.39, 0.29) is 28.7 Å². The molecule has 5 heteroatoms. The van der Waals surface area contributed by atoms with Crippen molar-refractivity contribution in [2.24, 2.45) is 5.92 Å². The van der Waals surface area contributed by atoms with Gasteiger partial charge in [-0.2, -0.15) is 4.39 Å². The van der Waals surface area contributed by atoms with Crippen LogP contribution in [-0.2, 0) is 6.42 Å². The first-order valence-electron chi connectivity index (χ1n) is 13.2. The molecule has 3 aromatic rings. The summed E-state index contributed by atoms with van der Waals surface area (Å²) in [4.78, 5) is 0. The monoisotopic (exact) mass is 510 g/mol. The zero-order chi connectivity index (χ0) is 26.4. The second-order valence-electron chi connectivity index (χ2n) is 9.94. The van der Waals surface area contributed by atoms with Crippen LogP contribution < -0.4 is 4.74 Å². The molecule has 1 nitrogen and oxygen atoms in total. The van der Waals surface area contributed by atoms with Gasteiger partial charge in [0.1, 0.15) is 0 Å². The van der Waals surface area contributed by atoms with Crippen molar-refractivity contribution in [3.63, 3.8) is 0 Å². The highest BCUT2D eigenvalue weighted by Crippen LogP contribution is 2.39. The molecule has 1 saturated carbocycles. The molecular formula is C32H34F4O. The molecule has 1 fully saturated rings. The molecule has 3 aromatic carbocycles. The van der Waals surface area contributed by atoms with Crippen molar-refractivity contribution in [1.29, 1.82) is 0 Å². The van der Waals surface area contributed by atoms with E-state index >= 15 is 8.78 Å². The second-order valence-corrected chi connectivity index (χ2v) is 9.94. The molecule has 0 spiro atoms. The summed E-state index contributed by atoms with van der Waals surface area (Å²) in [6.45, 7) is 2.17. The minimum Gasteiger partial charge on any atom is -0.494 e. The van der Waals surface area contributed by atoms with E-state index in [1.54, 1.807) is 18.2 Å². The lowest BCUT2D eigenvalue weighted by Gasteiger charge is -2.27. The minimum atomic E-state index is -1.00. The molecule has 0 unspecified atom stereocenters. The van der Waals surface area contributed by atoms with Crippen LogP contribution in [0.2, 0.25) is 0 Å². The highest BCUT2D eigenvalue weighted by Gasteiger charge is 2.26. The van der Waals surface area contributed by atoms with Gasteiger partial charge in [-0.25, -0.2) is 13.2 Å². The molecule has 196 valence electrons. The molecule has 1 aliphatic carbocycles. The van der Waals surface area contributed by atoms with Gasteiger partial charge < -0.3 is 4.74 Å². The average Bonchev–Trinajstić information content (AvgIpc) is 2.92. The van der Waals surface area contributed by atoms with Gasteiger partial charge in [0.25, 0.3) is 0 Å². The molecule has 1 aliphatic rings. The van der Waals surface area contributed by atoms with Crippen LogP contribution in [0.3, 0.4) is 0 Å². The summed E-state index contributed by atoms with van der Waals surface area (Å²) in [5.41, 5.74) is 2.76. The molecule has 0 radical (unpaired) electrons. The summed E-state index contributed by atoms with van der Waals surface area (Å²) in [7, 11) is 1.29. The fourth-order valence-electron chi connectivity index (χ4n) is 5.23. The van der Waals surface area contributed by atoms with Gasteiger partial charge >= 0.3 is 0 Å². The second kappa shape index (κ2) is 12.4. The zero-order valence-electron chi connectivity index (χ0n) is 21.5. The van der Waals surface area contributed by atoms with E-state index in [0.29, 0.717) is 24.0 Å². The normalized spacial score (nSPS) is 17.9. The predicted molar refractivity (Wildman–Crippen MR) is 142 cm³/mol. The van der Waals surface area contributed by atoms with Gasteiger partial charge in [0.2, 0.25) is 5.82 Å². The Bertz CT molecular complexity index is 1220. The molecule has 37 heavy (non-hydrogen) atoms. The van der Waals surface area contributed by atoms with Gasteiger partial charge in [-0.15, -0.1) is 0 Å². The molecule has 0 heterocycles. The fourth-order valence-corrected chi connectivity index (χ4v) is 5.23. The number of unbranched alkanes of at least 4 members (excludes halogenated alkanes) is 2. The maximum absolute atomic E-state index is 15.2. The number of aryl methyl sites for hydroxylation is 1. The van der Waals surface area contributed by atoms with E-state index in [0.717, 1.165) is 32.1 Å². The quantitative estimate of drug-likeness (QED) is 0.206. The van der Waals surface area contributed by atoms with Crippen LogP contribution in [0.15, 0.2) is 54.6 Å². The van der Waals surface area contributed by atoms with E-state index in [1.165, 1.54) is 31.2 Å². The van der Waals surface area contributed by atoms with Crippen LogP contribution >= 0.6 is 0 Å². The van der Waals surface area contributed by atoms with Crippen molar-refractivity contribution in [2.45, 2.75) is 64.2 Å². The number of allylic oxidation sites excluding steroid dienone is 1. The fraction of sp³-hybridized carbons (Fsp3) is 0.375. The van der Waals surface area contributed by atoms with Crippen molar-refractivity contribution < 1.29 is 22.3 Å². The summed E-state index contributed by atoms with van der Waals surface area (Å²) < 4.78 is 63.2. The maximum Gasteiger partial charge on any atom is 0.201 e. The third-order valence-electron chi connectivity index (χ3n) is 7.50. The Balaban J connectivity index is 1.39. The lowest BCUT2D eigenvalue weighted by Crippen LogP contribution is -2.13. The van der Waals surface area contributed by atoms with Gasteiger partial charge in [0.05, 0.1) is 7.11 Å². The first-order valence-corrected chi connectivity index (χ1v) is 13.2. The number of hydrogen-bond donors (Lipinski definition) is 0. The van der Waals surface area contributed by atoms with Crippen molar-refractivity contribution in [2.75, 3.05) is 7.11 Å². The Morgan fingerprint density at radius 3 is 2.19 bits per heavy atom. The number of ether oxygens (including phenoxy) is 1. The van der Waals surface area contributed by atoms with Gasteiger partial charge in [0.15, 0.2) is 23.2 Å². The number of halogens is 4. The molecule has 0 aliphatic heterocycles. The first kappa shape index (κ1) is 27.0. The Labute approximate surface area is 217 Å². The summed E-state index contributed by atoms with van der Waals surface area (Å²) in [5.74, 6) is -3.53. The Kier molecular flexibility index (Phi) is 9.07. The van der Waals surface area contributed by atoms with E-state index in [4.69, 9.17) is 4.74 Å². The van der Waals surface area contributed by atoms with Crippen molar-refractivity contribution >= 4 is 6.08 Å². The largest absolute Gasteiger partial charge is 0.494 e. The van der Waals surface area contributed by atoms with E-state index < -0.39 is 23.3 Å². The van der Waals surface area contributed by atoms with Crippen LogP contribution in [0.1, 0.15) is 74.5 Å². The molecule has 0 aromatic heterocycles. The van der Waals surface area contributed by atoms with E-state index in [2.05, 4.69) is 6.92 Å². The number of hydrogen-bond acceptors (Lipinski definition) is 1. The van der Waals surface area contributed by atoms with E-state index in [1.807, 2.05) is 30.3 Å². The SMILES string of the molecule is CCCCCc1ccc(-c2ccc(C3CCC(C=Cc4ccc(OC)c(F)c4F)CC3)c(F)c2F)cc1. The van der Waals surface area contributed by atoms with Gasteiger partial charge in [-0.05, 0) is 79.2 Å². The molecule has 0 amide bonds. The number of methoxy groups -OCH3 is 1. The highest BCUT2D eigenvalue weighted by molar-refractivity contribution is 5.65. The van der Waals surface area contributed by atoms with Gasteiger partial charge in [-0.3, -0.25) is 0 Å². The van der Waals surface area contributed by atoms with Crippen LogP contribution in [0.4, 0.5) is 17.6 Å². The lowest BCUT2D eigenvalue weighted by atomic mass is 9.78. The van der Waals surface area contributed by atoms with E-state index in [9.17, 15) is 8.78 Å².